The van der Waals surface area contributed by atoms with Gasteiger partial charge in [-0.3, -0.25) is 5.10 Å². The lowest BCUT2D eigenvalue weighted by Crippen LogP contribution is -2.08. The van der Waals surface area contributed by atoms with Crippen molar-refractivity contribution in [1.29, 1.82) is 0 Å². The summed E-state index contributed by atoms with van der Waals surface area (Å²) >= 11 is 5.71. The van der Waals surface area contributed by atoms with Gasteiger partial charge in [0.2, 0.25) is 0 Å². The van der Waals surface area contributed by atoms with Crippen LogP contribution in [0, 0.1) is 5.82 Å². The van der Waals surface area contributed by atoms with Crippen LogP contribution in [0.5, 0.6) is 0 Å². The van der Waals surface area contributed by atoms with Gasteiger partial charge in [-0.05, 0) is 17.7 Å². The Morgan fingerprint density at radius 2 is 2.30 bits per heavy atom. The molecule has 3 aromatic rings. The average Bonchev–Trinajstić information content (AvgIpc) is 3.21. The van der Waals surface area contributed by atoms with Crippen LogP contribution in [-0.2, 0) is 11.2 Å². The molecule has 1 aromatic carbocycles. The first-order chi connectivity index (χ1) is 11.1. The predicted octanol–water partition coefficient (Wildman–Crippen LogP) is 2.18. The molecule has 0 unspecified atom stereocenters. The van der Waals surface area contributed by atoms with Gasteiger partial charge in [-0.25, -0.2) is 13.9 Å². The molecule has 0 aliphatic heterocycles. The molecule has 2 aromatic heterocycles. The van der Waals surface area contributed by atoms with Gasteiger partial charge in [0.25, 0.3) is 0 Å². The number of hydrogen-bond acceptors (Lipinski definition) is 5. The molecule has 0 saturated carbocycles. The maximum Gasteiger partial charge on any atom is 0.360 e. The van der Waals surface area contributed by atoms with E-state index in [1.165, 1.54) is 18.3 Å². The molecular weight excluding hydrogens is 325 g/mol. The smallest absolute Gasteiger partial charge is 0.360 e. The predicted molar refractivity (Wildman–Crippen MR) is 78.9 cm³/mol. The van der Waals surface area contributed by atoms with Crippen molar-refractivity contribution in [2.45, 2.75) is 6.42 Å². The van der Waals surface area contributed by atoms with Gasteiger partial charge >= 0.3 is 5.97 Å². The van der Waals surface area contributed by atoms with Crippen molar-refractivity contribution in [2.75, 3.05) is 6.61 Å². The van der Waals surface area contributed by atoms with E-state index in [0.717, 1.165) is 10.2 Å². The van der Waals surface area contributed by atoms with Gasteiger partial charge in [-0.2, -0.15) is 5.10 Å². The number of halogens is 2. The number of aromatic amines is 1. The zero-order chi connectivity index (χ0) is 16.2. The lowest BCUT2D eigenvalue weighted by molar-refractivity contribution is 0.0502. The van der Waals surface area contributed by atoms with E-state index < -0.39 is 11.8 Å². The number of carbonyl (C=O) groups excluding carboxylic acids is 1. The van der Waals surface area contributed by atoms with Gasteiger partial charge in [0.1, 0.15) is 5.69 Å². The molecule has 23 heavy (non-hydrogen) atoms. The molecule has 0 bridgehead atoms. The zero-order valence-corrected chi connectivity index (χ0v) is 12.5. The Kier molecular flexibility index (Phi) is 4.33. The first-order valence-corrected chi connectivity index (χ1v) is 7.04. The lowest BCUT2D eigenvalue weighted by Gasteiger charge is -2.02. The average molecular weight is 336 g/mol. The third-order valence-electron chi connectivity index (χ3n) is 3.06. The molecule has 9 heteroatoms. The molecule has 7 nitrogen and oxygen atoms in total. The summed E-state index contributed by atoms with van der Waals surface area (Å²) in [6.45, 7) is 0.177. The van der Waals surface area contributed by atoms with Gasteiger partial charge in [-0.15, -0.1) is 5.10 Å². The quantitative estimate of drug-likeness (QED) is 0.722. The van der Waals surface area contributed by atoms with Crippen molar-refractivity contribution >= 4 is 17.6 Å². The van der Waals surface area contributed by atoms with Crippen LogP contribution in [0.2, 0.25) is 5.02 Å². The second-order valence-electron chi connectivity index (χ2n) is 4.61. The van der Waals surface area contributed by atoms with Crippen molar-refractivity contribution in [1.82, 2.24) is 25.2 Å². The van der Waals surface area contributed by atoms with E-state index in [1.807, 2.05) is 0 Å². The van der Waals surface area contributed by atoms with Crippen molar-refractivity contribution in [3.8, 4) is 5.69 Å². The molecule has 2 heterocycles. The number of esters is 1. The lowest BCUT2D eigenvalue weighted by atomic mass is 10.3. The molecule has 3 rings (SSSR count). The van der Waals surface area contributed by atoms with Crippen LogP contribution in [0.25, 0.3) is 5.69 Å². The molecule has 0 radical (unpaired) electrons. The topological polar surface area (TPSA) is 85.7 Å². The Balaban J connectivity index is 1.66. The third kappa shape index (κ3) is 3.37. The maximum atomic E-state index is 13.9. The summed E-state index contributed by atoms with van der Waals surface area (Å²) in [5.74, 6) is -1.28. The van der Waals surface area contributed by atoms with Gasteiger partial charge in [0, 0.05) is 12.6 Å². The molecule has 0 spiro atoms. The molecule has 0 atom stereocenters. The van der Waals surface area contributed by atoms with E-state index in [9.17, 15) is 9.18 Å². The number of carbonyl (C=O) groups is 1. The molecule has 118 valence electrons. The van der Waals surface area contributed by atoms with Crippen molar-refractivity contribution in [3.63, 3.8) is 0 Å². The minimum atomic E-state index is -0.640. The fourth-order valence-corrected chi connectivity index (χ4v) is 2.06. The van der Waals surface area contributed by atoms with Crippen LogP contribution in [0.3, 0.4) is 0 Å². The summed E-state index contributed by atoms with van der Waals surface area (Å²) in [5, 5.41) is 13.8. The molecule has 1 N–H and O–H groups in total. The zero-order valence-electron chi connectivity index (χ0n) is 11.7. The summed E-state index contributed by atoms with van der Waals surface area (Å²) in [7, 11) is 0. The number of benzene rings is 1. The van der Waals surface area contributed by atoms with Crippen molar-refractivity contribution in [3.05, 3.63) is 58.9 Å². The molecule has 0 saturated heterocycles. The SMILES string of the molecule is O=C(OCCc1cn[nH]c1)c1cn(-c2cccc(Cl)c2F)nn1. The first-order valence-electron chi connectivity index (χ1n) is 6.66. The van der Waals surface area contributed by atoms with Crippen LogP contribution in [0.1, 0.15) is 16.1 Å². The van der Waals surface area contributed by atoms with E-state index in [0.29, 0.717) is 6.42 Å². The Labute approximate surface area is 135 Å². The largest absolute Gasteiger partial charge is 0.461 e. The van der Waals surface area contributed by atoms with E-state index in [4.69, 9.17) is 16.3 Å². The number of aromatic nitrogens is 5. The molecule has 0 amide bonds. The van der Waals surface area contributed by atoms with Crippen molar-refractivity contribution < 1.29 is 13.9 Å². The summed E-state index contributed by atoms with van der Waals surface area (Å²) < 4.78 is 20.1. The van der Waals surface area contributed by atoms with Crippen molar-refractivity contribution in [2.24, 2.45) is 0 Å². The highest BCUT2D eigenvalue weighted by molar-refractivity contribution is 6.30. The van der Waals surface area contributed by atoms with E-state index in [1.54, 1.807) is 18.5 Å². The van der Waals surface area contributed by atoms with E-state index >= 15 is 0 Å². The third-order valence-corrected chi connectivity index (χ3v) is 3.35. The number of hydrogen-bond donors (Lipinski definition) is 1. The fraction of sp³-hybridized carbons (Fsp3) is 0.143. The van der Waals surface area contributed by atoms with Crippen LogP contribution in [0.4, 0.5) is 4.39 Å². The van der Waals surface area contributed by atoms with Crippen LogP contribution in [0.15, 0.2) is 36.8 Å². The minimum absolute atomic E-state index is 0.0171. The Morgan fingerprint density at radius 3 is 3.09 bits per heavy atom. The monoisotopic (exact) mass is 335 g/mol. The second kappa shape index (κ2) is 6.57. The molecule has 0 aliphatic carbocycles. The number of rotatable bonds is 5. The van der Waals surface area contributed by atoms with Crippen LogP contribution in [-0.4, -0.2) is 37.8 Å². The highest BCUT2D eigenvalue weighted by atomic mass is 35.5. The maximum absolute atomic E-state index is 13.9. The molecular formula is C14H11ClFN5O2. The number of ether oxygens (including phenoxy) is 1. The number of nitrogens with one attached hydrogen (secondary N) is 1. The standard InChI is InChI=1S/C14H11ClFN5O2/c15-10-2-1-3-12(13(10)16)21-8-11(19-20-21)14(22)23-5-4-9-6-17-18-7-9/h1-3,6-8H,4-5H2,(H,17,18). The summed E-state index contributed by atoms with van der Waals surface area (Å²) in [6, 6.07) is 4.47. The summed E-state index contributed by atoms with van der Waals surface area (Å²) in [4.78, 5) is 11.9. The van der Waals surface area contributed by atoms with Crippen LogP contribution < -0.4 is 0 Å². The Bertz CT molecular complexity index is 818. The van der Waals surface area contributed by atoms with E-state index in [2.05, 4.69) is 20.5 Å². The minimum Gasteiger partial charge on any atom is -0.461 e. The number of H-pyrrole nitrogens is 1. The normalized spacial score (nSPS) is 10.7. The first kappa shape index (κ1) is 15.2. The summed E-state index contributed by atoms with van der Waals surface area (Å²) in [6.07, 6.45) is 5.17. The van der Waals surface area contributed by atoms with Gasteiger partial charge in [0.05, 0.1) is 24.0 Å². The highest BCUT2D eigenvalue weighted by Gasteiger charge is 2.15. The second-order valence-corrected chi connectivity index (χ2v) is 5.02. The van der Waals surface area contributed by atoms with Gasteiger partial charge in [0.15, 0.2) is 11.5 Å². The Morgan fingerprint density at radius 1 is 1.43 bits per heavy atom. The van der Waals surface area contributed by atoms with E-state index in [-0.39, 0.29) is 23.0 Å². The highest BCUT2D eigenvalue weighted by Crippen LogP contribution is 2.20. The summed E-state index contributed by atoms with van der Waals surface area (Å²) in [5.41, 5.74) is 1.00. The van der Waals surface area contributed by atoms with Gasteiger partial charge in [-0.1, -0.05) is 22.9 Å². The Hall–Kier alpha value is -2.74. The van der Waals surface area contributed by atoms with Gasteiger partial charge < -0.3 is 4.74 Å². The fourth-order valence-electron chi connectivity index (χ4n) is 1.89. The molecule has 0 aliphatic rings. The molecule has 0 fully saturated rings. The number of nitrogens with zero attached hydrogens (tertiary/aromatic N) is 4. The van der Waals surface area contributed by atoms with Crippen LogP contribution >= 0.6 is 11.6 Å².